The van der Waals surface area contributed by atoms with Crippen LogP contribution in [-0.2, 0) is 0 Å². The van der Waals surface area contributed by atoms with Crippen molar-refractivity contribution in [2.75, 3.05) is 5.75 Å². The van der Waals surface area contributed by atoms with E-state index in [1.807, 2.05) is 6.07 Å². The van der Waals surface area contributed by atoms with E-state index in [1.165, 1.54) is 0 Å². The third-order valence-electron chi connectivity index (χ3n) is 1.81. The van der Waals surface area contributed by atoms with Crippen LogP contribution in [-0.4, -0.2) is 5.75 Å². The maximum absolute atomic E-state index is 5.87. The van der Waals surface area contributed by atoms with E-state index in [0.29, 0.717) is 10.0 Å². The van der Waals surface area contributed by atoms with Crippen LogP contribution < -0.4 is 5.73 Å². The first-order valence-corrected chi connectivity index (χ1v) is 5.35. The summed E-state index contributed by atoms with van der Waals surface area (Å²) in [6.07, 6.45) is 0.834. The van der Waals surface area contributed by atoms with Crippen molar-refractivity contribution in [2.24, 2.45) is 5.73 Å². The number of hydrogen-bond donors (Lipinski definition) is 2. The summed E-state index contributed by atoms with van der Waals surface area (Å²) in [5.41, 5.74) is 6.88. The highest BCUT2D eigenvalue weighted by Crippen LogP contribution is 2.25. The fourth-order valence-corrected chi connectivity index (χ4v) is 1.63. The van der Waals surface area contributed by atoms with Gasteiger partial charge in [0, 0.05) is 6.04 Å². The van der Waals surface area contributed by atoms with E-state index >= 15 is 0 Å². The lowest BCUT2D eigenvalue weighted by atomic mass is 10.1. The topological polar surface area (TPSA) is 26.0 Å². The lowest BCUT2D eigenvalue weighted by molar-refractivity contribution is 0.706. The molecular weight excluding hydrogens is 225 g/mol. The Kier molecular flexibility index (Phi) is 4.39. The van der Waals surface area contributed by atoms with E-state index in [-0.39, 0.29) is 6.04 Å². The van der Waals surface area contributed by atoms with Crippen LogP contribution in [0.15, 0.2) is 18.2 Å². The van der Waals surface area contributed by atoms with Crippen molar-refractivity contribution in [3.63, 3.8) is 0 Å². The Morgan fingerprint density at radius 2 is 2.00 bits per heavy atom. The van der Waals surface area contributed by atoms with E-state index in [0.717, 1.165) is 17.7 Å². The summed E-state index contributed by atoms with van der Waals surface area (Å²) in [7, 11) is 0. The molecule has 0 aliphatic carbocycles. The van der Waals surface area contributed by atoms with Gasteiger partial charge in [-0.2, -0.15) is 12.6 Å². The largest absolute Gasteiger partial charge is 0.324 e. The van der Waals surface area contributed by atoms with Gasteiger partial charge >= 0.3 is 0 Å². The fourth-order valence-electron chi connectivity index (χ4n) is 1.05. The Morgan fingerprint density at radius 3 is 2.54 bits per heavy atom. The maximum Gasteiger partial charge on any atom is 0.0595 e. The van der Waals surface area contributed by atoms with Gasteiger partial charge in [-0.05, 0) is 29.9 Å². The van der Waals surface area contributed by atoms with Gasteiger partial charge in [-0.15, -0.1) is 0 Å². The number of halogens is 2. The Hall–Kier alpha value is 0.110. The van der Waals surface area contributed by atoms with E-state index in [1.54, 1.807) is 12.1 Å². The molecule has 0 fully saturated rings. The summed E-state index contributed by atoms with van der Waals surface area (Å²) in [6.45, 7) is 0. The lowest BCUT2D eigenvalue weighted by Crippen LogP contribution is -2.10. The summed E-state index contributed by atoms with van der Waals surface area (Å²) in [5.74, 6) is 0.765. The number of hydrogen-bond acceptors (Lipinski definition) is 2. The van der Waals surface area contributed by atoms with Crippen LogP contribution in [0.4, 0.5) is 0 Å². The minimum Gasteiger partial charge on any atom is -0.324 e. The zero-order valence-electron chi connectivity index (χ0n) is 7.00. The van der Waals surface area contributed by atoms with Gasteiger partial charge in [0.2, 0.25) is 0 Å². The average Bonchev–Trinajstić information content (AvgIpc) is 2.10. The molecule has 72 valence electrons. The van der Waals surface area contributed by atoms with Crippen LogP contribution in [0.3, 0.4) is 0 Å². The molecule has 0 heterocycles. The van der Waals surface area contributed by atoms with Crippen LogP contribution in [0.2, 0.25) is 10.0 Å². The van der Waals surface area contributed by atoms with Crippen molar-refractivity contribution in [1.29, 1.82) is 0 Å². The van der Waals surface area contributed by atoms with Crippen molar-refractivity contribution < 1.29 is 0 Å². The van der Waals surface area contributed by atoms with E-state index in [9.17, 15) is 0 Å². The Labute approximate surface area is 93.6 Å². The molecule has 4 heteroatoms. The van der Waals surface area contributed by atoms with Gasteiger partial charge in [0.1, 0.15) is 0 Å². The van der Waals surface area contributed by atoms with Gasteiger partial charge in [-0.25, -0.2) is 0 Å². The Morgan fingerprint density at radius 1 is 1.31 bits per heavy atom. The standard InChI is InChI=1S/C9H11Cl2NS/c10-7-2-1-6(5-8(7)11)9(12)3-4-13/h1-2,5,9,13H,3-4,12H2. The third kappa shape index (κ3) is 3.06. The van der Waals surface area contributed by atoms with Crippen LogP contribution in [0, 0.1) is 0 Å². The Balaban J connectivity index is 2.84. The predicted molar refractivity (Wildman–Crippen MR) is 61.9 cm³/mol. The quantitative estimate of drug-likeness (QED) is 0.773. The molecule has 0 saturated heterocycles. The fraction of sp³-hybridized carbons (Fsp3) is 0.333. The highest BCUT2D eigenvalue weighted by molar-refractivity contribution is 7.80. The molecule has 13 heavy (non-hydrogen) atoms. The third-order valence-corrected chi connectivity index (χ3v) is 2.81. The van der Waals surface area contributed by atoms with E-state index in [4.69, 9.17) is 28.9 Å². The summed E-state index contributed by atoms with van der Waals surface area (Å²) in [5, 5.41) is 1.11. The molecule has 0 spiro atoms. The van der Waals surface area contributed by atoms with Gasteiger partial charge in [0.05, 0.1) is 10.0 Å². The molecule has 1 nitrogen and oxygen atoms in total. The van der Waals surface area contributed by atoms with Gasteiger partial charge in [0.15, 0.2) is 0 Å². The molecule has 0 amide bonds. The van der Waals surface area contributed by atoms with Crippen molar-refractivity contribution in [2.45, 2.75) is 12.5 Å². The number of thiol groups is 1. The SMILES string of the molecule is NC(CCS)c1ccc(Cl)c(Cl)c1. The second-order valence-corrected chi connectivity index (χ2v) is 4.05. The van der Waals surface area contributed by atoms with Crippen molar-refractivity contribution in [3.05, 3.63) is 33.8 Å². The molecule has 0 aromatic heterocycles. The highest BCUT2D eigenvalue weighted by atomic mass is 35.5. The summed E-state index contributed by atoms with van der Waals surface area (Å²) in [4.78, 5) is 0. The number of rotatable bonds is 3. The van der Waals surface area contributed by atoms with E-state index in [2.05, 4.69) is 12.6 Å². The maximum atomic E-state index is 5.87. The first-order valence-electron chi connectivity index (χ1n) is 3.96. The van der Waals surface area contributed by atoms with Crippen LogP contribution >= 0.6 is 35.8 Å². The van der Waals surface area contributed by atoms with Gasteiger partial charge in [-0.3, -0.25) is 0 Å². The van der Waals surface area contributed by atoms with Gasteiger partial charge in [-0.1, -0.05) is 29.3 Å². The number of nitrogens with two attached hydrogens (primary N) is 1. The molecule has 0 aliphatic rings. The van der Waals surface area contributed by atoms with Crippen LogP contribution in [0.1, 0.15) is 18.0 Å². The molecule has 0 aliphatic heterocycles. The van der Waals surface area contributed by atoms with Crippen LogP contribution in [0.5, 0.6) is 0 Å². The minimum atomic E-state index is -0.00716. The smallest absolute Gasteiger partial charge is 0.0595 e. The average molecular weight is 236 g/mol. The van der Waals surface area contributed by atoms with Crippen molar-refractivity contribution in [1.82, 2.24) is 0 Å². The zero-order chi connectivity index (χ0) is 9.84. The monoisotopic (exact) mass is 235 g/mol. The molecule has 1 aromatic carbocycles. The first kappa shape index (κ1) is 11.2. The summed E-state index contributed by atoms with van der Waals surface area (Å²) in [6, 6.07) is 5.45. The summed E-state index contributed by atoms with van der Waals surface area (Å²) >= 11 is 15.7. The summed E-state index contributed by atoms with van der Waals surface area (Å²) < 4.78 is 0. The number of benzene rings is 1. The minimum absolute atomic E-state index is 0.00716. The van der Waals surface area contributed by atoms with Crippen molar-refractivity contribution >= 4 is 35.8 Å². The molecule has 0 saturated carbocycles. The molecular formula is C9H11Cl2NS. The second-order valence-electron chi connectivity index (χ2n) is 2.79. The lowest BCUT2D eigenvalue weighted by Gasteiger charge is -2.10. The molecule has 0 radical (unpaired) electrons. The molecule has 0 bridgehead atoms. The van der Waals surface area contributed by atoms with Gasteiger partial charge < -0.3 is 5.73 Å². The molecule has 1 unspecified atom stereocenters. The van der Waals surface area contributed by atoms with Crippen molar-refractivity contribution in [3.8, 4) is 0 Å². The van der Waals surface area contributed by atoms with Gasteiger partial charge in [0.25, 0.3) is 0 Å². The molecule has 1 atom stereocenters. The molecule has 1 aromatic rings. The normalized spacial score (nSPS) is 12.9. The second kappa shape index (κ2) is 5.11. The zero-order valence-corrected chi connectivity index (χ0v) is 9.41. The highest BCUT2D eigenvalue weighted by Gasteiger charge is 2.06. The predicted octanol–water partition coefficient (Wildman–Crippen LogP) is 3.31. The molecule has 1 rings (SSSR count). The Bertz CT molecular complexity index is 291. The first-order chi connectivity index (χ1) is 6.15. The molecule has 2 N–H and O–H groups in total. The van der Waals surface area contributed by atoms with E-state index < -0.39 is 0 Å². The van der Waals surface area contributed by atoms with Crippen LogP contribution in [0.25, 0.3) is 0 Å².